The Bertz CT molecular complexity index is 38.0. The van der Waals surface area contributed by atoms with Gasteiger partial charge in [-0.3, -0.25) is 6.29 Å². The van der Waals surface area contributed by atoms with Gasteiger partial charge in [0.15, 0.2) is 0 Å². The van der Waals surface area contributed by atoms with E-state index in [1.54, 1.807) is 7.11 Å². The Morgan fingerprint density at radius 2 is 2.00 bits per heavy atom. The fourth-order valence-electron chi connectivity index (χ4n) is 0.167. The molecule has 0 aliphatic carbocycles. The van der Waals surface area contributed by atoms with E-state index in [1.807, 2.05) is 13.3 Å². The first-order chi connectivity index (χ1) is 3.83. The molecule has 0 atom stereocenters. The second-order valence-electron chi connectivity index (χ2n) is 1.07. The Morgan fingerprint density at radius 3 is 2.00 bits per heavy atom. The van der Waals surface area contributed by atoms with Gasteiger partial charge in [0.1, 0.15) is 0 Å². The molecule has 50 valence electrons. The molecule has 0 heterocycles. The minimum atomic E-state index is 0. The van der Waals surface area contributed by atoms with Crippen LogP contribution in [0.3, 0.4) is 0 Å². The molecule has 0 unspecified atom stereocenters. The molecule has 0 saturated carbocycles. The first-order valence-corrected chi connectivity index (χ1v) is 2.39. The van der Waals surface area contributed by atoms with Gasteiger partial charge in [0.2, 0.25) is 0 Å². The molecular weight excluding hydrogens is 193 g/mol. The molecule has 0 aromatic rings. The third-order valence-corrected chi connectivity index (χ3v) is 0.333. The Kier molecular flexibility index (Phi) is 42.4. The van der Waals surface area contributed by atoms with Crippen LogP contribution in [0.25, 0.3) is 0 Å². The van der Waals surface area contributed by atoms with Gasteiger partial charge in [-0.25, -0.2) is 0 Å². The van der Waals surface area contributed by atoms with Crippen LogP contribution in [-0.4, -0.2) is 20.0 Å². The van der Waals surface area contributed by atoms with Gasteiger partial charge in [0.05, 0.1) is 0 Å². The number of methoxy groups -OCH3 is 1. The van der Waals surface area contributed by atoms with Crippen LogP contribution in [0.15, 0.2) is 0 Å². The summed E-state index contributed by atoms with van der Waals surface area (Å²) in [6, 6.07) is 0. The maximum Gasteiger partial charge on any atom is 3.00 e. The molecule has 0 N–H and O–H groups in total. The fourth-order valence-corrected chi connectivity index (χ4v) is 0.167. The van der Waals surface area contributed by atoms with Crippen molar-refractivity contribution in [3.63, 3.8) is 0 Å². The Hall–Kier alpha value is 0.734. The first-order valence-electron chi connectivity index (χ1n) is 2.39. The number of hydrogen-bond donors (Lipinski definition) is 0. The zero-order valence-electron chi connectivity index (χ0n) is 6.18. The zero-order chi connectivity index (χ0) is 6.83. The van der Waals surface area contributed by atoms with Gasteiger partial charge >= 0.3 is 32.7 Å². The second-order valence-corrected chi connectivity index (χ2v) is 1.07. The topological polar surface area (TPSA) is 26.3 Å². The largest absolute Gasteiger partial charge is 3.00 e. The molecule has 3 heteroatoms. The molecule has 9 heavy (non-hydrogen) atoms. The van der Waals surface area contributed by atoms with Crippen molar-refractivity contribution in [2.24, 2.45) is 0 Å². The summed E-state index contributed by atoms with van der Waals surface area (Å²) >= 11 is 0. The average molecular weight is 205 g/mol. The van der Waals surface area contributed by atoms with E-state index in [1.165, 1.54) is 13.2 Å². The molecule has 0 aromatic carbocycles. The van der Waals surface area contributed by atoms with E-state index >= 15 is 0 Å². The minimum Gasteiger partial charge on any atom is -0.542 e. The van der Waals surface area contributed by atoms with E-state index in [0.717, 1.165) is 6.61 Å². The van der Waals surface area contributed by atoms with Gasteiger partial charge in [0.25, 0.3) is 0 Å². The maximum atomic E-state index is 8.68. The molecule has 0 aromatic heterocycles. The van der Waals surface area contributed by atoms with E-state index < -0.39 is 0 Å². The van der Waals surface area contributed by atoms with Crippen LogP contribution >= 0.6 is 0 Å². The number of ether oxygens (including phenoxy) is 1. The molecule has 0 fully saturated rings. The molecule has 0 aliphatic heterocycles. The van der Waals surface area contributed by atoms with E-state index in [-0.39, 0.29) is 32.7 Å². The van der Waals surface area contributed by atoms with Crippen molar-refractivity contribution in [2.75, 3.05) is 13.7 Å². The molecule has 0 spiro atoms. The average Bonchev–Trinajstić information content (AvgIpc) is 1.71. The van der Waals surface area contributed by atoms with Crippen molar-refractivity contribution in [3.05, 3.63) is 6.42 Å². The second kappa shape index (κ2) is 23.3. The maximum absolute atomic E-state index is 8.68. The zero-order valence-corrected chi connectivity index (χ0v) is 9.02. The third kappa shape index (κ3) is 53.0. The van der Waals surface area contributed by atoms with E-state index in [0.29, 0.717) is 0 Å². The fraction of sp³-hybridized carbons (Fsp3) is 0.667. The summed E-state index contributed by atoms with van der Waals surface area (Å²) in [6.45, 7) is 4.05. The van der Waals surface area contributed by atoms with Gasteiger partial charge < -0.3 is 16.0 Å². The van der Waals surface area contributed by atoms with Crippen LogP contribution in [0.1, 0.15) is 13.8 Å². The molecule has 0 saturated heterocycles. The predicted octanol–water partition coefficient (Wildman–Crippen LogP) is 0.970. The van der Waals surface area contributed by atoms with Crippen molar-refractivity contribution in [1.29, 1.82) is 0 Å². The van der Waals surface area contributed by atoms with Crippen molar-refractivity contribution in [2.45, 2.75) is 13.8 Å². The minimum absolute atomic E-state index is 0. The Morgan fingerprint density at radius 1 is 1.67 bits per heavy atom. The summed E-state index contributed by atoms with van der Waals surface area (Å²) in [7, 11) is 1.68. The van der Waals surface area contributed by atoms with E-state index in [4.69, 9.17) is 4.79 Å². The van der Waals surface area contributed by atoms with Crippen molar-refractivity contribution >= 4 is 6.29 Å². The normalized spacial score (nSPS) is 6.11. The van der Waals surface area contributed by atoms with Gasteiger partial charge in [-0.1, -0.05) is 6.61 Å². The number of hydrogen-bond acceptors (Lipinski definition) is 2. The molecule has 0 aliphatic rings. The van der Waals surface area contributed by atoms with Gasteiger partial charge in [-0.05, 0) is 0 Å². The van der Waals surface area contributed by atoms with Crippen molar-refractivity contribution in [3.8, 4) is 0 Å². The van der Waals surface area contributed by atoms with Crippen LogP contribution in [0.4, 0.5) is 0 Å². The quantitative estimate of drug-likeness (QED) is 0.628. The van der Waals surface area contributed by atoms with E-state index in [2.05, 4.69) is 4.74 Å². The van der Waals surface area contributed by atoms with Crippen molar-refractivity contribution in [1.82, 2.24) is 0 Å². The van der Waals surface area contributed by atoms with Crippen LogP contribution in [0, 0.1) is 6.42 Å². The molecular formula is C6H12O2Y+. The summed E-state index contributed by atoms with van der Waals surface area (Å²) in [5.74, 6) is 0. The first kappa shape index (κ1) is 16.4. The standard InChI is InChI=1S/C4H9O.C2H3O.Y/c1-3-4-5-2;1-2-3;/h3H,4H2,1-2H3;1H3;/q2*-1;+3. The SMILES string of the molecule is C[C-]=O.C[CH-]COC.[Y+3]. The molecule has 0 amide bonds. The molecule has 0 rings (SSSR count). The predicted molar refractivity (Wildman–Crippen MR) is 33.2 cm³/mol. The van der Waals surface area contributed by atoms with Crippen LogP contribution < -0.4 is 0 Å². The van der Waals surface area contributed by atoms with Gasteiger partial charge in [-0.15, -0.1) is 0 Å². The van der Waals surface area contributed by atoms with Crippen molar-refractivity contribution < 1.29 is 42.2 Å². The molecule has 2 nitrogen and oxygen atoms in total. The van der Waals surface area contributed by atoms with Crippen LogP contribution in [0.5, 0.6) is 0 Å². The number of carbonyl (C=O) groups excluding carboxylic acids is 1. The van der Waals surface area contributed by atoms with Crippen LogP contribution in [-0.2, 0) is 42.2 Å². The monoisotopic (exact) mass is 205 g/mol. The summed E-state index contributed by atoms with van der Waals surface area (Å²) < 4.78 is 4.64. The Labute approximate surface area is 82.2 Å². The molecule has 0 bridgehead atoms. The van der Waals surface area contributed by atoms with Gasteiger partial charge in [-0.2, -0.15) is 13.8 Å². The van der Waals surface area contributed by atoms with Crippen LogP contribution in [0.2, 0.25) is 0 Å². The molecule has 0 radical (unpaired) electrons. The smallest absolute Gasteiger partial charge is 0.542 e. The summed E-state index contributed by atoms with van der Waals surface area (Å²) in [5, 5.41) is 0. The third-order valence-electron chi connectivity index (χ3n) is 0.333. The van der Waals surface area contributed by atoms with Gasteiger partial charge in [0, 0.05) is 7.11 Å². The Balaban J connectivity index is -0.0000000800. The number of rotatable bonds is 2. The summed E-state index contributed by atoms with van der Waals surface area (Å²) in [5.41, 5.74) is 0. The summed E-state index contributed by atoms with van der Waals surface area (Å²) in [6.07, 6.45) is 3.46. The summed E-state index contributed by atoms with van der Waals surface area (Å²) in [4.78, 5) is 8.68. The van der Waals surface area contributed by atoms with E-state index in [9.17, 15) is 0 Å².